The van der Waals surface area contributed by atoms with E-state index in [1.807, 2.05) is 4.90 Å². The third kappa shape index (κ3) is 0.724. The fourth-order valence-corrected chi connectivity index (χ4v) is 2.93. The Morgan fingerprint density at radius 3 is 3.08 bits per heavy atom. The number of carbonyl (C=O) groups excluding carboxylic acids is 1. The Morgan fingerprint density at radius 1 is 1.50 bits per heavy atom. The Kier molecular flexibility index (Phi) is 1.16. The van der Waals surface area contributed by atoms with E-state index in [2.05, 4.69) is 0 Å². The third-order valence-electron chi connectivity index (χ3n) is 3.66. The Balaban J connectivity index is 1.89. The number of carbonyl (C=O) groups is 1. The van der Waals surface area contributed by atoms with Crippen LogP contribution in [0.5, 0.6) is 0 Å². The zero-order chi connectivity index (χ0) is 8.29. The Labute approximate surface area is 71.9 Å². The predicted octanol–water partition coefficient (Wildman–Crippen LogP) is -0.0456. The van der Waals surface area contributed by atoms with Crippen molar-refractivity contribution >= 4 is 5.91 Å². The smallest absolute Gasteiger partial charge is 0.222 e. The summed E-state index contributed by atoms with van der Waals surface area (Å²) in [6, 6.07) is 0.677. The molecule has 2 saturated heterocycles. The molecule has 0 aromatic carbocycles. The highest BCUT2D eigenvalue weighted by molar-refractivity contribution is 5.78. The topological polar surface area (TPSA) is 46.3 Å². The maximum absolute atomic E-state index is 11.5. The molecule has 4 atom stereocenters. The van der Waals surface area contributed by atoms with Gasteiger partial charge in [0.25, 0.3) is 0 Å². The van der Waals surface area contributed by atoms with Gasteiger partial charge in [0.2, 0.25) is 5.91 Å². The summed E-state index contributed by atoms with van der Waals surface area (Å²) in [5, 5.41) is 0. The summed E-state index contributed by atoms with van der Waals surface area (Å²) >= 11 is 0. The molecule has 1 saturated carbocycles. The first-order valence-electron chi connectivity index (χ1n) is 4.82. The van der Waals surface area contributed by atoms with Gasteiger partial charge in [-0.2, -0.15) is 0 Å². The lowest BCUT2D eigenvalue weighted by molar-refractivity contribution is -0.136. The maximum atomic E-state index is 11.5. The highest BCUT2D eigenvalue weighted by atomic mass is 16.2. The fraction of sp³-hybridized carbons (Fsp3) is 0.889. The molecule has 2 N–H and O–H groups in total. The van der Waals surface area contributed by atoms with Gasteiger partial charge >= 0.3 is 0 Å². The van der Waals surface area contributed by atoms with Crippen LogP contribution in [0, 0.1) is 11.8 Å². The summed E-state index contributed by atoms with van der Waals surface area (Å²) in [7, 11) is 0. The number of piperidine rings is 2. The highest BCUT2D eigenvalue weighted by Gasteiger charge is 2.56. The molecule has 3 heteroatoms. The van der Waals surface area contributed by atoms with Crippen LogP contribution in [0.25, 0.3) is 0 Å². The van der Waals surface area contributed by atoms with E-state index in [-0.39, 0.29) is 6.04 Å². The van der Waals surface area contributed by atoms with Crippen molar-refractivity contribution in [1.82, 2.24) is 4.90 Å². The molecular weight excluding hydrogens is 152 g/mol. The van der Waals surface area contributed by atoms with Gasteiger partial charge in [0, 0.05) is 25.0 Å². The number of nitrogens with two attached hydrogens (primary N) is 1. The average molecular weight is 166 g/mol. The molecule has 3 nitrogen and oxygen atoms in total. The van der Waals surface area contributed by atoms with Gasteiger partial charge in [0.05, 0.1) is 0 Å². The van der Waals surface area contributed by atoms with Crippen LogP contribution in [0.1, 0.15) is 19.3 Å². The Bertz CT molecular complexity index is 241. The first kappa shape index (κ1) is 6.89. The molecule has 2 heterocycles. The molecule has 4 unspecified atom stereocenters. The molecule has 3 fully saturated rings. The van der Waals surface area contributed by atoms with Crippen molar-refractivity contribution in [2.24, 2.45) is 17.6 Å². The summed E-state index contributed by atoms with van der Waals surface area (Å²) in [6.45, 7) is 1.00. The highest BCUT2D eigenvalue weighted by Crippen LogP contribution is 2.51. The van der Waals surface area contributed by atoms with Crippen molar-refractivity contribution in [1.29, 1.82) is 0 Å². The van der Waals surface area contributed by atoms with Gasteiger partial charge < -0.3 is 10.6 Å². The van der Waals surface area contributed by atoms with Gasteiger partial charge in [-0.3, -0.25) is 4.79 Å². The van der Waals surface area contributed by atoms with E-state index in [4.69, 9.17) is 5.73 Å². The zero-order valence-corrected chi connectivity index (χ0v) is 7.07. The number of nitrogens with zero attached hydrogens (tertiary/aromatic N) is 1. The van der Waals surface area contributed by atoms with Crippen molar-refractivity contribution in [3.63, 3.8) is 0 Å². The summed E-state index contributed by atoms with van der Waals surface area (Å²) in [5.41, 5.74) is 6.01. The molecule has 0 aromatic heterocycles. The van der Waals surface area contributed by atoms with Gasteiger partial charge in [0.15, 0.2) is 0 Å². The SMILES string of the molecule is NC1CCC(=O)N2CC3CC3C12. The second kappa shape index (κ2) is 2.02. The first-order chi connectivity index (χ1) is 5.77. The molecule has 2 aliphatic heterocycles. The van der Waals surface area contributed by atoms with E-state index < -0.39 is 0 Å². The summed E-state index contributed by atoms with van der Waals surface area (Å²) < 4.78 is 0. The minimum atomic E-state index is 0.264. The standard InChI is InChI=1S/C9H14N2O/c10-7-1-2-8(12)11-4-5-3-6(5)9(7)11/h5-7,9H,1-4,10H2. The van der Waals surface area contributed by atoms with E-state index in [0.29, 0.717) is 18.4 Å². The quantitative estimate of drug-likeness (QED) is 0.548. The van der Waals surface area contributed by atoms with Crippen molar-refractivity contribution in [3.8, 4) is 0 Å². The van der Waals surface area contributed by atoms with Crippen LogP contribution in [0.2, 0.25) is 0 Å². The molecule has 0 spiro atoms. The van der Waals surface area contributed by atoms with Gasteiger partial charge in [-0.25, -0.2) is 0 Å². The lowest BCUT2D eigenvalue weighted by Crippen LogP contribution is -2.53. The fourth-order valence-electron chi connectivity index (χ4n) is 2.93. The van der Waals surface area contributed by atoms with Crippen molar-refractivity contribution in [2.75, 3.05) is 6.54 Å². The number of hydrogen-bond donors (Lipinski definition) is 1. The maximum Gasteiger partial charge on any atom is 0.222 e. The summed E-state index contributed by atoms with van der Waals surface area (Å²) in [5.74, 6) is 1.92. The zero-order valence-electron chi connectivity index (χ0n) is 7.07. The van der Waals surface area contributed by atoms with E-state index in [1.165, 1.54) is 6.42 Å². The van der Waals surface area contributed by atoms with Crippen LogP contribution in [-0.4, -0.2) is 29.4 Å². The van der Waals surface area contributed by atoms with Crippen LogP contribution in [0.4, 0.5) is 0 Å². The lowest BCUT2D eigenvalue weighted by Gasteiger charge is -2.36. The monoisotopic (exact) mass is 166 g/mol. The summed E-state index contributed by atoms with van der Waals surface area (Å²) in [6.07, 6.45) is 2.91. The minimum Gasteiger partial charge on any atom is -0.338 e. The predicted molar refractivity (Wildman–Crippen MR) is 44.3 cm³/mol. The molecule has 12 heavy (non-hydrogen) atoms. The van der Waals surface area contributed by atoms with Crippen LogP contribution in [0.15, 0.2) is 0 Å². The van der Waals surface area contributed by atoms with E-state index in [0.717, 1.165) is 24.8 Å². The minimum absolute atomic E-state index is 0.264. The van der Waals surface area contributed by atoms with Crippen molar-refractivity contribution < 1.29 is 4.79 Å². The molecule has 1 amide bonds. The molecule has 3 rings (SSSR count). The van der Waals surface area contributed by atoms with Gasteiger partial charge in [-0.05, 0) is 24.7 Å². The van der Waals surface area contributed by atoms with Crippen LogP contribution < -0.4 is 5.73 Å². The second-order valence-corrected chi connectivity index (χ2v) is 4.40. The van der Waals surface area contributed by atoms with Crippen LogP contribution in [-0.2, 0) is 4.79 Å². The lowest BCUT2D eigenvalue weighted by atomic mass is 9.95. The number of hydrogen-bond acceptors (Lipinski definition) is 2. The van der Waals surface area contributed by atoms with E-state index >= 15 is 0 Å². The number of rotatable bonds is 0. The van der Waals surface area contributed by atoms with Gasteiger partial charge in [-0.15, -0.1) is 0 Å². The Hall–Kier alpha value is -0.570. The van der Waals surface area contributed by atoms with Crippen molar-refractivity contribution in [2.45, 2.75) is 31.3 Å². The third-order valence-corrected chi connectivity index (χ3v) is 3.66. The summed E-state index contributed by atoms with van der Waals surface area (Å²) in [4.78, 5) is 13.5. The molecular formula is C9H14N2O. The number of fused-ring (bicyclic) bond motifs is 3. The molecule has 0 bridgehead atoms. The Morgan fingerprint density at radius 2 is 2.33 bits per heavy atom. The molecule has 3 aliphatic rings. The first-order valence-corrected chi connectivity index (χ1v) is 4.82. The molecule has 0 aromatic rings. The van der Waals surface area contributed by atoms with Gasteiger partial charge in [0.1, 0.15) is 0 Å². The van der Waals surface area contributed by atoms with Crippen molar-refractivity contribution in [3.05, 3.63) is 0 Å². The molecule has 66 valence electrons. The van der Waals surface area contributed by atoms with Crippen LogP contribution >= 0.6 is 0 Å². The average Bonchev–Trinajstić information content (AvgIpc) is 2.71. The largest absolute Gasteiger partial charge is 0.338 e. The molecule has 1 aliphatic carbocycles. The van der Waals surface area contributed by atoms with E-state index in [9.17, 15) is 4.79 Å². The van der Waals surface area contributed by atoms with Crippen LogP contribution in [0.3, 0.4) is 0 Å². The molecule has 0 radical (unpaired) electrons. The van der Waals surface area contributed by atoms with Gasteiger partial charge in [-0.1, -0.05) is 0 Å². The van der Waals surface area contributed by atoms with E-state index in [1.54, 1.807) is 0 Å². The second-order valence-electron chi connectivity index (χ2n) is 4.40. The normalized spacial score (nSPS) is 50.4. The number of amides is 1.